The Hall–Kier alpha value is -0.120. The van der Waals surface area contributed by atoms with Crippen molar-refractivity contribution in [2.24, 2.45) is 3.21 Å². The van der Waals surface area contributed by atoms with E-state index in [9.17, 15) is 0 Å². The lowest BCUT2D eigenvalue weighted by molar-refractivity contribution is 1.44. The molecular weight excluding hydrogens is 237 g/mol. The highest BCUT2D eigenvalue weighted by Crippen LogP contribution is 1.93. The molecule has 0 saturated heterocycles. The van der Waals surface area contributed by atoms with E-state index in [1.54, 1.807) is 0 Å². The molecule has 0 atom stereocenters. The van der Waals surface area contributed by atoms with Crippen LogP contribution < -0.4 is 0 Å². The van der Waals surface area contributed by atoms with Crippen LogP contribution in [0.25, 0.3) is 0 Å². The van der Waals surface area contributed by atoms with Gasteiger partial charge in [0.15, 0.2) is 0 Å². The van der Waals surface area contributed by atoms with E-state index in [2.05, 4.69) is 9.28 Å². The first-order chi connectivity index (χ1) is 4.81. The lowest BCUT2D eigenvalue weighted by Gasteiger charge is -1.86. The van der Waals surface area contributed by atoms with Gasteiger partial charge in [0.25, 0.3) is 0 Å². The van der Waals surface area contributed by atoms with Crippen molar-refractivity contribution in [1.82, 2.24) is 0 Å². The van der Waals surface area contributed by atoms with Gasteiger partial charge in [0.1, 0.15) is 0 Å². The number of halogens is 1. The summed E-state index contributed by atoms with van der Waals surface area (Å²) in [7, 11) is 0. The first-order valence-corrected chi connectivity index (χ1v) is 4.20. The SMILES string of the molecule is C/C=C/C=C/C/C(C)=N\I. The van der Waals surface area contributed by atoms with Gasteiger partial charge in [0, 0.05) is 12.1 Å². The van der Waals surface area contributed by atoms with Crippen LogP contribution in [0.4, 0.5) is 0 Å². The predicted octanol–water partition coefficient (Wildman–Crippen LogP) is 3.32. The van der Waals surface area contributed by atoms with Crippen LogP contribution in [0, 0.1) is 0 Å². The molecule has 1 nitrogen and oxygen atoms in total. The Morgan fingerprint density at radius 2 is 2.20 bits per heavy atom. The highest BCUT2D eigenvalue weighted by atomic mass is 127. The Balaban J connectivity index is 3.53. The summed E-state index contributed by atoms with van der Waals surface area (Å²) >= 11 is 2.01. The molecule has 0 bridgehead atoms. The van der Waals surface area contributed by atoms with Gasteiger partial charge in [-0.05, 0) is 13.8 Å². The molecule has 10 heavy (non-hydrogen) atoms. The molecule has 0 fully saturated rings. The largest absolute Gasteiger partial charge is 0.224 e. The highest BCUT2D eigenvalue weighted by molar-refractivity contribution is 14.1. The zero-order valence-corrected chi connectivity index (χ0v) is 8.50. The number of hydrogen-bond donors (Lipinski definition) is 0. The van der Waals surface area contributed by atoms with Crippen LogP contribution in [0.1, 0.15) is 20.3 Å². The summed E-state index contributed by atoms with van der Waals surface area (Å²) in [5, 5.41) is 0. The fraction of sp³-hybridized carbons (Fsp3) is 0.375. The minimum Gasteiger partial charge on any atom is -0.224 e. The summed E-state index contributed by atoms with van der Waals surface area (Å²) in [6.45, 7) is 4.02. The molecular formula is C8H12IN. The van der Waals surface area contributed by atoms with Gasteiger partial charge < -0.3 is 0 Å². The van der Waals surface area contributed by atoms with Crippen molar-refractivity contribution in [3.8, 4) is 0 Å². The molecule has 0 saturated carbocycles. The van der Waals surface area contributed by atoms with E-state index in [0.717, 1.165) is 12.1 Å². The average Bonchev–Trinajstić information content (AvgIpc) is 1.98. The second-order valence-corrected chi connectivity index (χ2v) is 2.46. The maximum Gasteiger partial charge on any atom is 0.0830 e. The van der Waals surface area contributed by atoms with E-state index >= 15 is 0 Å². The predicted molar refractivity (Wildman–Crippen MR) is 55.7 cm³/mol. The smallest absolute Gasteiger partial charge is 0.0830 e. The van der Waals surface area contributed by atoms with Gasteiger partial charge in [-0.2, -0.15) is 0 Å². The molecule has 0 heterocycles. The lowest BCUT2D eigenvalue weighted by Crippen LogP contribution is -1.83. The first-order valence-electron chi connectivity index (χ1n) is 3.23. The topological polar surface area (TPSA) is 12.4 Å². The standard InChI is InChI=1S/C8H12IN/c1-3-4-5-6-7-8(2)10-9/h3-6H,7H2,1-2H3/b4-3+,6-5+,10-8-. The lowest BCUT2D eigenvalue weighted by atomic mass is 10.3. The van der Waals surface area contributed by atoms with E-state index in [0.29, 0.717) is 0 Å². The van der Waals surface area contributed by atoms with E-state index in [1.807, 2.05) is 54.9 Å². The van der Waals surface area contributed by atoms with Gasteiger partial charge >= 0.3 is 0 Å². The van der Waals surface area contributed by atoms with Crippen LogP contribution in [0.3, 0.4) is 0 Å². The fourth-order valence-corrected chi connectivity index (χ4v) is 0.660. The number of allylic oxidation sites excluding steroid dienone is 4. The van der Waals surface area contributed by atoms with E-state index in [4.69, 9.17) is 0 Å². The zero-order valence-electron chi connectivity index (χ0n) is 6.34. The summed E-state index contributed by atoms with van der Waals surface area (Å²) in [4.78, 5) is 0. The number of hydrogen-bond acceptors (Lipinski definition) is 1. The van der Waals surface area contributed by atoms with Gasteiger partial charge in [-0.25, -0.2) is 3.21 Å². The molecule has 0 aromatic rings. The van der Waals surface area contributed by atoms with E-state index in [1.165, 1.54) is 0 Å². The molecule has 2 heteroatoms. The third kappa shape index (κ3) is 6.01. The zero-order chi connectivity index (χ0) is 7.82. The molecule has 0 aliphatic rings. The van der Waals surface area contributed by atoms with Crippen molar-refractivity contribution in [2.45, 2.75) is 20.3 Å². The summed E-state index contributed by atoms with van der Waals surface area (Å²) in [5.41, 5.74) is 1.15. The molecule has 0 aromatic heterocycles. The summed E-state index contributed by atoms with van der Waals surface area (Å²) in [5.74, 6) is 0. The third-order valence-corrected chi connectivity index (χ3v) is 1.82. The maximum atomic E-state index is 4.00. The average molecular weight is 249 g/mol. The fourth-order valence-electron chi connectivity index (χ4n) is 0.463. The van der Waals surface area contributed by atoms with Crippen LogP contribution in [0.5, 0.6) is 0 Å². The molecule has 0 aliphatic heterocycles. The third-order valence-electron chi connectivity index (χ3n) is 0.997. The van der Waals surface area contributed by atoms with Crippen molar-refractivity contribution in [3.63, 3.8) is 0 Å². The Bertz CT molecular complexity index is 157. The molecule has 0 rings (SSSR count). The summed E-state index contributed by atoms with van der Waals surface area (Å²) in [6.07, 6.45) is 9.10. The van der Waals surface area contributed by atoms with Crippen LogP contribution in [-0.2, 0) is 0 Å². The number of rotatable bonds is 3. The van der Waals surface area contributed by atoms with Gasteiger partial charge in [-0.3, -0.25) is 0 Å². The minimum absolute atomic E-state index is 0.952. The summed E-state index contributed by atoms with van der Waals surface area (Å²) < 4.78 is 4.00. The Morgan fingerprint density at radius 1 is 1.50 bits per heavy atom. The maximum absolute atomic E-state index is 4.00. The van der Waals surface area contributed by atoms with Crippen LogP contribution in [0.2, 0.25) is 0 Å². The monoisotopic (exact) mass is 249 g/mol. The van der Waals surface area contributed by atoms with Crippen LogP contribution >= 0.6 is 22.9 Å². The normalized spacial score (nSPS) is 13.7. The minimum atomic E-state index is 0.952. The molecule has 0 unspecified atom stereocenters. The number of nitrogens with zero attached hydrogens (tertiary/aromatic N) is 1. The van der Waals surface area contributed by atoms with Crippen molar-refractivity contribution < 1.29 is 0 Å². The first kappa shape index (κ1) is 9.88. The molecule has 0 radical (unpaired) electrons. The molecule has 0 N–H and O–H groups in total. The summed E-state index contributed by atoms with van der Waals surface area (Å²) in [6, 6.07) is 0. The molecule has 0 spiro atoms. The van der Waals surface area contributed by atoms with Gasteiger partial charge in [-0.15, -0.1) is 0 Å². The van der Waals surface area contributed by atoms with Crippen molar-refractivity contribution in [2.75, 3.05) is 0 Å². The van der Waals surface area contributed by atoms with Gasteiger partial charge in [0.2, 0.25) is 0 Å². The Morgan fingerprint density at radius 3 is 2.70 bits per heavy atom. The van der Waals surface area contributed by atoms with Crippen molar-refractivity contribution in [3.05, 3.63) is 24.3 Å². The van der Waals surface area contributed by atoms with Crippen molar-refractivity contribution in [1.29, 1.82) is 0 Å². The second kappa shape index (κ2) is 6.99. The van der Waals surface area contributed by atoms with Crippen molar-refractivity contribution >= 4 is 28.6 Å². The van der Waals surface area contributed by atoms with Gasteiger partial charge in [-0.1, -0.05) is 24.3 Å². The van der Waals surface area contributed by atoms with Gasteiger partial charge in [0.05, 0.1) is 22.9 Å². The van der Waals surface area contributed by atoms with Crippen LogP contribution in [0.15, 0.2) is 27.5 Å². The molecule has 0 aromatic carbocycles. The molecule has 0 amide bonds. The quantitative estimate of drug-likeness (QED) is 0.413. The second-order valence-electron chi connectivity index (χ2n) is 1.98. The van der Waals surface area contributed by atoms with E-state index in [-0.39, 0.29) is 0 Å². The molecule has 56 valence electrons. The highest BCUT2D eigenvalue weighted by Gasteiger charge is 1.81. The Labute approximate surface area is 76.4 Å². The Kier molecular flexibility index (Phi) is 6.91. The molecule has 0 aliphatic carbocycles. The van der Waals surface area contributed by atoms with Crippen LogP contribution in [-0.4, -0.2) is 5.71 Å². The van der Waals surface area contributed by atoms with E-state index < -0.39 is 0 Å².